The van der Waals surface area contributed by atoms with Crippen molar-refractivity contribution in [3.63, 3.8) is 0 Å². The Morgan fingerprint density at radius 3 is 2.73 bits per heavy atom. The van der Waals surface area contributed by atoms with E-state index in [1.54, 1.807) is 0 Å². The lowest BCUT2D eigenvalue weighted by Crippen LogP contribution is -2.61. The molecular formula is C13H28N2. The molecule has 0 saturated carbocycles. The van der Waals surface area contributed by atoms with Crippen LogP contribution in [-0.4, -0.2) is 36.1 Å². The molecule has 2 unspecified atom stereocenters. The summed E-state index contributed by atoms with van der Waals surface area (Å²) >= 11 is 0. The van der Waals surface area contributed by atoms with Crippen molar-refractivity contribution in [2.24, 2.45) is 5.92 Å². The lowest BCUT2D eigenvalue weighted by atomic mass is 9.97. The smallest absolute Gasteiger partial charge is 0.0252 e. The molecule has 0 aromatic heterocycles. The van der Waals surface area contributed by atoms with Crippen molar-refractivity contribution in [2.75, 3.05) is 19.6 Å². The minimum Gasteiger partial charge on any atom is -0.309 e. The zero-order chi connectivity index (χ0) is 11.5. The molecule has 0 bridgehead atoms. The summed E-state index contributed by atoms with van der Waals surface area (Å²) in [6, 6.07) is 0.692. The van der Waals surface area contributed by atoms with Gasteiger partial charge in [-0.3, -0.25) is 4.90 Å². The maximum atomic E-state index is 3.60. The van der Waals surface area contributed by atoms with Gasteiger partial charge < -0.3 is 5.32 Å². The van der Waals surface area contributed by atoms with Crippen molar-refractivity contribution in [3.8, 4) is 0 Å². The summed E-state index contributed by atoms with van der Waals surface area (Å²) in [5.74, 6) is 0.839. The van der Waals surface area contributed by atoms with Crippen LogP contribution in [-0.2, 0) is 0 Å². The molecule has 2 nitrogen and oxygen atoms in total. The summed E-state index contributed by atoms with van der Waals surface area (Å²) in [7, 11) is 0. The highest BCUT2D eigenvalue weighted by molar-refractivity contribution is 4.90. The number of hydrogen-bond acceptors (Lipinski definition) is 2. The SMILES string of the molecule is CCCC(C)CN1CC(C)(C)NCC1C. The Bertz CT molecular complexity index is 189. The summed E-state index contributed by atoms with van der Waals surface area (Å²) in [4.78, 5) is 2.65. The minimum atomic E-state index is 0.290. The monoisotopic (exact) mass is 212 g/mol. The van der Waals surface area contributed by atoms with Gasteiger partial charge in [0, 0.05) is 31.2 Å². The molecule has 0 aliphatic carbocycles. The normalized spacial score (nSPS) is 29.0. The van der Waals surface area contributed by atoms with E-state index in [0.717, 1.165) is 12.5 Å². The average Bonchev–Trinajstić information content (AvgIpc) is 2.11. The fraction of sp³-hybridized carbons (Fsp3) is 1.00. The predicted octanol–water partition coefficient (Wildman–Crippen LogP) is 2.49. The summed E-state index contributed by atoms with van der Waals surface area (Å²) in [6.45, 7) is 15.2. The standard InChI is InChI=1S/C13H28N2/c1-6-7-11(2)9-15-10-13(4,5)14-8-12(15)3/h11-12,14H,6-10H2,1-5H3. The molecule has 1 heterocycles. The first-order chi connectivity index (χ1) is 6.94. The topological polar surface area (TPSA) is 15.3 Å². The fourth-order valence-electron chi connectivity index (χ4n) is 2.50. The Balaban J connectivity index is 2.44. The molecule has 2 atom stereocenters. The second-order valence-corrected chi connectivity index (χ2v) is 5.94. The number of nitrogens with zero attached hydrogens (tertiary/aromatic N) is 1. The Morgan fingerprint density at radius 1 is 1.47 bits per heavy atom. The quantitative estimate of drug-likeness (QED) is 0.770. The van der Waals surface area contributed by atoms with Gasteiger partial charge in [-0.1, -0.05) is 20.3 Å². The molecule has 0 amide bonds. The molecular weight excluding hydrogens is 184 g/mol. The third-order valence-corrected chi connectivity index (χ3v) is 3.43. The number of hydrogen-bond donors (Lipinski definition) is 1. The van der Waals surface area contributed by atoms with Crippen LogP contribution in [0.2, 0.25) is 0 Å². The summed E-state index contributed by atoms with van der Waals surface area (Å²) in [5.41, 5.74) is 0.290. The van der Waals surface area contributed by atoms with E-state index >= 15 is 0 Å². The molecule has 1 rings (SSSR count). The molecule has 1 aliphatic heterocycles. The number of rotatable bonds is 4. The molecule has 1 N–H and O–H groups in total. The molecule has 0 aromatic carbocycles. The van der Waals surface area contributed by atoms with Gasteiger partial charge in [-0.05, 0) is 33.1 Å². The Kier molecular flexibility index (Phi) is 4.60. The van der Waals surface area contributed by atoms with E-state index in [1.807, 2.05) is 0 Å². The number of piperazine rings is 1. The zero-order valence-electron chi connectivity index (χ0n) is 11.1. The fourth-order valence-corrected chi connectivity index (χ4v) is 2.50. The molecule has 15 heavy (non-hydrogen) atoms. The van der Waals surface area contributed by atoms with E-state index in [1.165, 1.54) is 25.9 Å². The molecule has 0 radical (unpaired) electrons. The van der Waals surface area contributed by atoms with Crippen molar-refractivity contribution in [1.82, 2.24) is 10.2 Å². The largest absolute Gasteiger partial charge is 0.309 e. The highest BCUT2D eigenvalue weighted by Crippen LogP contribution is 2.17. The predicted molar refractivity (Wildman–Crippen MR) is 67.2 cm³/mol. The number of nitrogens with one attached hydrogen (secondary N) is 1. The third kappa shape index (κ3) is 4.12. The summed E-state index contributed by atoms with van der Waals surface area (Å²) < 4.78 is 0. The van der Waals surface area contributed by atoms with Gasteiger partial charge >= 0.3 is 0 Å². The molecule has 1 saturated heterocycles. The van der Waals surface area contributed by atoms with Crippen LogP contribution in [0.5, 0.6) is 0 Å². The van der Waals surface area contributed by atoms with Crippen LogP contribution in [0, 0.1) is 5.92 Å². The average molecular weight is 212 g/mol. The van der Waals surface area contributed by atoms with Crippen molar-refractivity contribution in [1.29, 1.82) is 0 Å². The van der Waals surface area contributed by atoms with Gasteiger partial charge in [0.2, 0.25) is 0 Å². The summed E-state index contributed by atoms with van der Waals surface area (Å²) in [5, 5.41) is 3.60. The highest BCUT2D eigenvalue weighted by atomic mass is 15.2. The van der Waals surface area contributed by atoms with Crippen LogP contribution >= 0.6 is 0 Å². The van der Waals surface area contributed by atoms with Crippen LogP contribution in [0.4, 0.5) is 0 Å². The van der Waals surface area contributed by atoms with Crippen LogP contribution in [0.1, 0.15) is 47.5 Å². The Hall–Kier alpha value is -0.0800. The molecule has 90 valence electrons. The van der Waals surface area contributed by atoms with Crippen molar-refractivity contribution >= 4 is 0 Å². The van der Waals surface area contributed by atoms with Gasteiger partial charge in [-0.25, -0.2) is 0 Å². The van der Waals surface area contributed by atoms with Gasteiger partial charge in [-0.15, -0.1) is 0 Å². The van der Waals surface area contributed by atoms with Crippen LogP contribution in [0.15, 0.2) is 0 Å². The minimum absolute atomic E-state index is 0.290. The molecule has 1 aliphatic rings. The van der Waals surface area contributed by atoms with Crippen molar-refractivity contribution in [3.05, 3.63) is 0 Å². The van der Waals surface area contributed by atoms with Crippen LogP contribution < -0.4 is 5.32 Å². The maximum absolute atomic E-state index is 3.60. The van der Waals surface area contributed by atoms with Gasteiger partial charge in [-0.2, -0.15) is 0 Å². The van der Waals surface area contributed by atoms with Crippen LogP contribution in [0.3, 0.4) is 0 Å². The first kappa shape index (κ1) is 13.0. The third-order valence-electron chi connectivity index (χ3n) is 3.43. The van der Waals surface area contributed by atoms with E-state index in [-0.39, 0.29) is 0 Å². The van der Waals surface area contributed by atoms with Gasteiger partial charge in [0.25, 0.3) is 0 Å². The van der Waals surface area contributed by atoms with Gasteiger partial charge in [0.05, 0.1) is 0 Å². The van der Waals surface area contributed by atoms with Crippen molar-refractivity contribution < 1.29 is 0 Å². The van der Waals surface area contributed by atoms with E-state index in [9.17, 15) is 0 Å². The van der Waals surface area contributed by atoms with Crippen molar-refractivity contribution in [2.45, 2.75) is 59.0 Å². The summed E-state index contributed by atoms with van der Waals surface area (Å²) in [6.07, 6.45) is 2.67. The zero-order valence-corrected chi connectivity index (χ0v) is 11.1. The lowest BCUT2D eigenvalue weighted by Gasteiger charge is -2.44. The Labute approximate surface area is 95.4 Å². The van der Waals surface area contributed by atoms with E-state index in [0.29, 0.717) is 11.6 Å². The Morgan fingerprint density at radius 2 is 2.13 bits per heavy atom. The molecule has 0 aromatic rings. The van der Waals surface area contributed by atoms with Gasteiger partial charge in [0.1, 0.15) is 0 Å². The molecule has 2 heteroatoms. The van der Waals surface area contributed by atoms with E-state index < -0.39 is 0 Å². The molecule has 1 fully saturated rings. The lowest BCUT2D eigenvalue weighted by molar-refractivity contribution is 0.0889. The second-order valence-electron chi connectivity index (χ2n) is 5.94. The van der Waals surface area contributed by atoms with Gasteiger partial charge in [0.15, 0.2) is 0 Å². The van der Waals surface area contributed by atoms with E-state index in [4.69, 9.17) is 0 Å². The maximum Gasteiger partial charge on any atom is 0.0252 e. The highest BCUT2D eigenvalue weighted by Gasteiger charge is 2.30. The molecule has 0 spiro atoms. The first-order valence-electron chi connectivity index (χ1n) is 6.43. The van der Waals surface area contributed by atoms with E-state index in [2.05, 4.69) is 44.8 Å². The van der Waals surface area contributed by atoms with Crippen LogP contribution in [0.25, 0.3) is 0 Å². The first-order valence-corrected chi connectivity index (χ1v) is 6.43. The second kappa shape index (κ2) is 5.31.